The lowest BCUT2D eigenvalue weighted by molar-refractivity contribution is 0.0730. The molecule has 7 heteroatoms. The molecule has 1 aliphatic rings. The number of morpholine rings is 1. The van der Waals surface area contributed by atoms with E-state index in [2.05, 4.69) is 0 Å². The second-order valence-electron chi connectivity index (χ2n) is 4.39. The first-order chi connectivity index (χ1) is 8.96. The molecule has 0 aromatic heterocycles. The van der Waals surface area contributed by atoms with E-state index < -0.39 is 22.4 Å². The highest BCUT2D eigenvalue weighted by Gasteiger charge is 2.27. The molecule has 0 saturated carbocycles. The third-order valence-corrected chi connectivity index (χ3v) is 4.96. The monoisotopic (exact) mass is 289 g/mol. The van der Waals surface area contributed by atoms with Crippen molar-refractivity contribution in [3.05, 3.63) is 29.1 Å². The van der Waals surface area contributed by atoms with Gasteiger partial charge in [0.2, 0.25) is 10.0 Å². The Morgan fingerprint density at radius 3 is 2.58 bits per heavy atom. The van der Waals surface area contributed by atoms with Gasteiger partial charge < -0.3 is 9.84 Å². The van der Waals surface area contributed by atoms with Gasteiger partial charge in [0, 0.05) is 18.7 Å². The number of ether oxygens (including phenoxy) is 1. The van der Waals surface area contributed by atoms with Crippen LogP contribution < -0.4 is 0 Å². The van der Waals surface area contributed by atoms with Crippen molar-refractivity contribution in [2.75, 3.05) is 26.3 Å². The average molecular weight is 289 g/mol. The molecule has 0 bridgehead atoms. The third-order valence-electron chi connectivity index (χ3n) is 3.08. The minimum atomic E-state index is -3.66. The molecule has 0 spiro atoms. The first-order valence-corrected chi connectivity index (χ1v) is 7.38. The molecule has 0 amide bonds. The summed E-state index contributed by atoms with van der Waals surface area (Å²) in [6.45, 7) is 2.23. The summed E-state index contributed by atoms with van der Waals surface area (Å²) in [5.41, 5.74) is 0.199. The Balaban J connectivity index is 2.42. The number of hydrogen-bond donors (Lipinski definition) is 1. The second kappa shape index (κ2) is 5.54. The number of sulfonamides is 1. The lowest BCUT2D eigenvalue weighted by Gasteiger charge is -2.26. The number of benzene rings is 1. The normalized spacial score (nSPS) is 17.6. The Kier molecular flexibility index (Phi) is 4.19. The molecule has 19 heavy (non-hydrogen) atoms. The van der Waals surface area contributed by atoms with Crippen LogP contribution in [0.4, 0.5) is 4.39 Å². The van der Waals surface area contributed by atoms with Gasteiger partial charge in [-0.3, -0.25) is 0 Å². The minimum absolute atomic E-state index is 0.00756. The van der Waals surface area contributed by atoms with E-state index >= 15 is 0 Å². The standard InChI is InChI=1S/C12H16FNO4S/c1-9-6-11(7-10(8-15)12(9)13)19(16,17)14-2-4-18-5-3-14/h6-7,15H,2-5,8H2,1H3. The summed E-state index contributed by atoms with van der Waals surface area (Å²) in [6.07, 6.45) is 0. The highest BCUT2D eigenvalue weighted by atomic mass is 32.2. The molecular weight excluding hydrogens is 273 g/mol. The molecule has 0 aliphatic carbocycles. The van der Waals surface area contributed by atoms with Crippen LogP contribution in [-0.2, 0) is 21.4 Å². The number of aliphatic hydroxyl groups excluding tert-OH is 1. The summed E-state index contributed by atoms with van der Waals surface area (Å²) in [5.74, 6) is -0.566. The topological polar surface area (TPSA) is 66.8 Å². The summed E-state index contributed by atoms with van der Waals surface area (Å²) in [5, 5.41) is 9.07. The van der Waals surface area contributed by atoms with Crippen molar-refractivity contribution in [2.24, 2.45) is 0 Å². The molecule has 106 valence electrons. The van der Waals surface area contributed by atoms with Crippen LogP contribution >= 0.6 is 0 Å². The maximum Gasteiger partial charge on any atom is 0.243 e. The molecule has 2 rings (SSSR count). The summed E-state index contributed by atoms with van der Waals surface area (Å²) < 4.78 is 44.8. The van der Waals surface area contributed by atoms with Crippen molar-refractivity contribution >= 4 is 10.0 Å². The van der Waals surface area contributed by atoms with Gasteiger partial charge in [-0.25, -0.2) is 12.8 Å². The van der Waals surface area contributed by atoms with E-state index in [9.17, 15) is 12.8 Å². The van der Waals surface area contributed by atoms with Gasteiger partial charge >= 0.3 is 0 Å². The van der Waals surface area contributed by atoms with Crippen molar-refractivity contribution in [3.63, 3.8) is 0 Å². The maximum atomic E-state index is 13.6. The van der Waals surface area contributed by atoms with E-state index in [0.717, 1.165) is 0 Å². The van der Waals surface area contributed by atoms with Gasteiger partial charge in [0.15, 0.2) is 0 Å². The van der Waals surface area contributed by atoms with Gasteiger partial charge in [0.25, 0.3) is 0 Å². The Labute approximate surface area is 111 Å². The SMILES string of the molecule is Cc1cc(S(=O)(=O)N2CCOCC2)cc(CO)c1F. The van der Waals surface area contributed by atoms with Gasteiger partial charge in [0.1, 0.15) is 5.82 Å². The predicted octanol–water partition coefficient (Wildman–Crippen LogP) is 0.647. The number of nitrogens with zero attached hydrogens (tertiary/aromatic N) is 1. The van der Waals surface area contributed by atoms with Gasteiger partial charge in [0.05, 0.1) is 24.7 Å². The molecular formula is C12H16FNO4S. The van der Waals surface area contributed by atoms with E-state index in [1.165, 1.54) is 23.4 Å². The fourth-order valence-electron chi connectivity index (χ4n) is 2.01. The van der Waals surface area contributed by atoms with E-state index in [1.807, 2.05) is 0 Å². The molecule has 0 atom stereocenters. The number of rotatable bonds is 3. The molecule has 1 aliphatic heterocycles. The van der Waals surface area contributed by atoms with Crippen LogP contribution in [0.5, 0.6) is 0 Å². The largest absolute Gasteiger partial charge is 0.392 e. The van der Waals surface area contributed by atoms with Crippen LogP contribution in [0, 0.1) is 12.7 Å². The van der Waals surface area contributed by atoms with Gasteiger partial charge in [-0.15, -0.1) is 0 Å². The first kappa shape index (κ1) is 14.4. The van der Waals surface area contributed by atoms with Crippen LogP contribution in [0.3, 0.4) is 0 Å². The number of aryl methyl sites for hydroxylation is 1. The smallest absolute Gasteiger partial charge is 0.243 e. The zero-order valence-electron chi connectivity index (χ0n) is 10.6. The lowest BCUT2D eigenvalue weighted by Crippen LogP contribution is -2.40. The number of aliphatic hydroxyl groups is 1. The average Bonchev–Trinajstić information content (AvgIpc) is 2.42. The fourth-order valence-corrected chi connectivity index (χ4v) is 3.55. The van der Waals surface area contributed by atoms with Crippen molar-refractivity contribution in [3.8, 4) is 0 Å². The van der Waals surface area contributed by atoms with Gasteiger partial charge in [-0.05, 0) is 24.6 Å². The quantitative estimate of drug-likeness (QED) is 0.887. The van der Waals surface area contributed by atoms with E-state index in [4.69, 9.17) is 9.84 Å². The fraction of sp³-hybridized carbons (Fsp3) is 0.500. The van der Waals surface area contributed by atoms with Crippen LogP contribution in [-0.4, -0.2) is 44.1 Å². The van der Waals surface area contributed by atoms with Gasteiger partial charge in [-0.2, -0.15) is 4.31 Å². The Morgan fingerprint density at radius 2 is 2.00 bits per heavy atom. The van der Waals surface area contributed by atoms with E-state index in [1.54, 1.807) is 0 Å². The molecule has 5 nitrogen and oxygen atoms in total. The Morgan fingerprint density at radius 1 is 1.37 bits per heavy atom. The minimum Gasteiger partial charge on any atom is -0.392 e. The molecule has 1 N–H and O–H groups in total. The lowest BCUT2D eigenvalue weighted by atomic mass is 10.1. The summed E-state index contributed by atoms with van der Waals surface area (Å²) >= 11 is 0. The van der Waals surface area contributed by atoms with Crippen LogP contribution in [0.2, 0.25) is 0 Å². The van der Waals surface area contributed by atoms with Crippen LogP contribution in [0.25, 0.3) is 0 Å². The zero-order chi connectivity index (χ0) is 14.0. The summed E-state index contributed by atoms with van der Waals surface area (Å²) in [4.78, 5) is 0.0114. The van der Waals surface area contributed by atoms with Gasteiger partial charge in [-0.1, -0.05) is 0 Å². The van der Waals surface area contributed by atoms with Crippen molar-refractivity contribution in [2.45, 2.75) is 18.4 Å². The van der Waals surface area contributed by atoms with E-state index in [-0.39, 0.29) is 29.1 Å². The maximum absolute atomic E-state index is 13.6. The molecule has 1 heterocycles. The van der Waals surface area contributed by atoms with E-state index in [0.29, 0.717) is 13.2 Å². The predicted molar refractivity (Wildman–Crippen MR) is 66.6 cm³/mol. The highest BCUT2D eigenvalue weighted by Crippen LogP contribution is 2.23. The number of hydrogen-bond acceptors (Lipinski definition) is 4. The molecule has 1 aromatic rings. The number of halogens is 1. The second-order valence-corrected chi connectivity index (χ2v) is 6.33. The summed E-state index contributed by atoms with van der Waals surface area (Å²) in [7, 11) is -3.66. The van der Waals surface area contributed by atoms with Crippen molar-refractivity contribution in [1.29, 1.82) is 0 Å². The molecule has 1 aromatic carbocycles. The van der Waals surface area contributed by atoms with Crippen LogP contribution in [0.15, 0.2) is 17.0 Å². The molecule has 0 unspecified atom stereocenters. The summed E-state index contributed by atoms with van der Waals surface area (Å²) in [6, 6.07) is 2.48. The molecule has 1 saturated heterocycles. The zero-order valence-corrected chi connectivity index (χ0v) is 11.4. The van der Waals surface area contributed by atoms with Crippen LogP contribution in [0.1, 0.15) is 11.1 Å². The molecule has 0 radical (unpaired) electrons. The molecule has 1 fully saturated rings. The first-order valence-electron chi connectivity index (χ1n) is 5.94. The van der Waals surface area contributed by atoms with Crippen molar-refractivity contribution in [1.82, 2.24) is 4.31 Å². The Hall–Kier alpha value is -1.02. The highest BCUT2D eigenvalue weighted by molar-refractivity contribution is 7.89. The Bertz CT molecular complexity index is 567. The third kappa shape index (κ3) is 2.79. The van der Waals surface area contributed by atoms with Crippen molar-refractivity contribution < 1.29 is 22.7 Å².